The molecule has 1 saturated heterocycles. The number of hydrogen-bond acceptors (Lipinski definition) is 2. The highest BCUT2D eigenvalue weighted by Gasteiger charge is 2.43. The minimum atomic E-state index is -4.66. The summed E-state index contributed by atoms with van der Waals surface area (Å²) in [5, 5.41) is 2.80. The molecule has 1 atom stereocenters. The second-order valence-electron chi connectivity index (χ2n) is 4.53. The van der Waals surface area contributed by atoms with E-state index >= 15 is 0 Å². The molecule has 0 saturated carbocycles. The molecule has 1 N–H and O–H groups in total. The van der Waals surface area contributed by atoms with Crippen LogP contribution in [0.15, 0.2) is 30.3 Å². The van der Waals surface area contributed by atoms with Crippen molar-refractivity contribution < 1.29 is 18.0 Å². The van der Waals surface area contributed by atoms with Gasteiger partial charge in [-0.1, -0.05) is 30.3 Å². The fourth-order valence-corrected chi connectivity index (χ4v) is 2.14. The van der Waals surface area contributed by atoms with Crippen molar-refractivity contribution in [3.63, 3.8) is 0 Å². The lowest BCUT2D eigenvalue weighted by atomic mass is 10.1. The maximum Gasteiger partial charge on any atom is 0.487 e. The molecule has 0 aromatic heterocycles. The summed E-state index contributed by atoms with van der Waals surface area (Å²) >= 11 is 0. The molecule has 1 amide bonds. The Morgan fingerprint density at radius 2 is 2.00 bits per heavy atom. The third kappa shape index (κ3) is 3.47. The van der Waals surface area contributed by atoms with Crippen molar-refractivity contribution in [1.82, 2.24) is 10.2 Å². The summed E-state index contributed by atoms with van der Waals surface area (Å²) < 4.78 is 39.0. The maximum atomic E-state index is 13.0. The number of nitrogens with one attached hydrogen (secondary N) is 1. The van der Waals surface area contributed by atoms with Crippen LogP contribution in [0.3, 0.4) is 0 Å². The highest BCUT2D eigenvalue weighted by Crippen LogP contribution is 2.26. The van der Waals surface area contributed by atoms with Gasteiger partial charge in [0.05, 0.1) is 12.6 Å². The number of carbonyl (C=O) groups is 1. The van der Waals surface area contributed by atoms with Gasteiger partial charge in [-0.25, -0.2) is 4.90 Å². The molecule has 1 heterocycles. The van der Waals surface area contributed by atoms with Crippen LogP contribution in [0.1, 0.15) is 18.4 Å². The minimum absolute atomic E-state index is 0.00861. The van der Waals surface area contributed by atoms with Gasteiger partial charge in [0.1, 0.15) is 0 Å². The van der Waals surface area contributed by atoms with Crippen molar-refractivity contribution in [1.29, 1.82) is 0 Å². The van der Waals surface area contributed by atoms with Crippen molar-refractivity contribution in [3.8, 4) is 0 Å². The van der Waals surface area contributed by atoms with Gasteiger partial charge in [0.2, 0.25) is 5.91 Å². The van der Waals surface area contributed by atoms with Crippen LogP contribution in [0.25, 0.3) is 0 Å². The molecule has 0 bridgehead atoms. The van der Waals surface area contributed by atoms with Crippen LogP contribution in [0, 0.1) is 0 Å². The third-order valence-electron chi connectivity index (χ3n) is 3.11. The van der Waals surface area contributed by atoms with E-state index in [1.807, 2.05) is 0 Å². The van der Waals surface area contributed by atoms with Gasteiger partial charge in [0, 0.05) is 0 Å². The molecular weight excluding hydrogens is 257 g/mol. The van der Waals surface area contributed by atoms with Gasteiger partial charge in [0.25, 0.3) is 0 Å². The molecule has 1 unspecified atom stereocenters. The van der Waals surface area contributed by atoms with Gasteiger partial charge < -0.3 is 5.32 Å². The Hall–Kier alpha value is -1.56. The Labute approximate surface area is 109 Å². The first kappa shape index (κ1) is 13.9. The lowest BCUT2D eigenvalue weighted by molar-refractivity contribution is -0.244. The largest absolute Gasteiger partial charge is 0.487 e. The molecular formula is C13H15F3N2O. The van der Waals surface area contributed by atoms with E-state index in [1.165, 1.54) is 0 Å². The molecule has 0 radical (unpaired) electrons. The van der Waals surface area contributed by atoms with Crippen molar-refractivity contribution in [3.05, 3.63) is 35.9 Å². The van der Waals surface area contributed by atoms with Crippen LogP contribution in [-0.2, 0) is 11.3 Å². The van der Waals surface area contributed by atoms with E-state index in [4.69, 9.17) is 0 Å². The van der Waals surface area contributed by atoms with Crippen molar-refractivity contribution in [2.24, 2.45) is 0 Å². The molecule has 19 heavy (non-hydrogen) atoms. The molecule has 3 nitrogen and oxygen atoms in total. The van der Waals surface area contributed by atoms with Gasteiger partial charge in [-0.2, -0.15) is 0 Å². The first-order valence-corrected chi connectivity index (χ1v) is 6.14. The third-order valence-corrected chi connectivity index (χ3v) is 3.11. The maximum absolute atomic E-state index is 13.0. The van der Waals surface area contributed by atoms with E-state index in [0.29, 0.717) is 18.5 Å². The zero-order valence-corrected chi connectivity index (χ0v) is 10.3. The average Bonchev–Trinajstić information content (AvgIpc) is 2.89. The lowest BCUT2D eigenvalue weighted by Gasteiger charge is -2.27. The molecule has 1 aliphatic rings. The fraction of sp³-hybridized carbons (Fsp3) is 0.462. The molecule has 1 aromatic rings. The number of amides is 1. The number of nitrogens with zero attached hydrogens (tertiary/aromatic N) is 1. The summed E-state index contributed by atoms with van der Waals surface area (Å²) in [5.41, 5.74) is 0.464. The average molecular weight is 272 g/mol. The van der Waals surface area contributed by atoms with Gasteiger partial charge in [-0.05, 0) is 24.9 Å². The normalized spacial score (nSPS) is 19.4. The predicted molar refractivity (Wildman–Crippen MR) is 64.1 cm³/mol. The summed E-state index contributed by atoms with van der Waals surface area (Å²) in [6.07, 6.45) is -3.47. The number of carbonyl (C=O) groups excluding carboxylic acids is 1. The summed E-state index contributed by atoms with van der Waals surface area (Å²) in [6.45, 7) is 0.148. The van der Waals surface area contributed by atoms with Crippen LogP contribution in [0.4, 0.5) is 13.2 Å². The molecule has 0 spiro atoms. The molecule has 104 valence electrons. The smallest absolute Gasteiger partial charge is 0.306 e. The van der Waals surface area contributed by atoms with E-state index < -0.39 is 24.8 Å². The summed E-state index contributed by atoms with van der Waals surface area (Å²) in [6, 6.07) is 7.47. The molecule has 6 heteroatoms. The van der Waals surface area contributed by atoms with Gasteiger partial charge >= 0.3 is 6.30 Å². The van der Waals surface area contributed by atoms with E-state index in [-0.39, 0.29) is 4.90 Å². The topological polar surface area (TPSA) is 32.3 Å². The first-order chi connectivity index (χ1) is 8.98. The van der Waals surface area contributed by atoms with E-state index in [2.05, 4.69) is 5.32 Å². The van der Waals surface area contributed by atoms with Crippen LogP contribution < -0.4 is 5.32 Å². The fourth-order valence-electron chi connectivity index (χ4n) is 2.14. The highest BCUT2D eigenvalue weighted by atomic mass is 19.4. The lowest BCUT2D eigenvalue weighted by Crippen LogP contribution is -2.49. The standard InChI is InChI=1S/C13H15F3N2O/c14-13(15,16)18(9-10-5-2-1-3-6-10)12(19)11-7-4-8-17-11/h1-3,5-6,11,17H,4,7-9H2. The number of hydrogen-bond donors (Lipinski definition) is 1. The van der Waals surface area contributed by atoms with Crippen molar-refractivity contribution >= 4 is 5.91 Å². The van der Waals surface area contributed by atoms with E-state index in [1.54, 1.807) is 30.3 Å². The summed E-state index contributed by atoms with van der Waals surface area (Å²) in [7, 11) is 0. The zero-order chi connectivity index (χ0) is 13.9. The van der Waals surface area contributed by atoms with Crippen molar-refractivity contribution in [2.45, 2.75) is 31.7 Å². The minimum Gasteiger partial charge on any atom is -0.306 e. The Morgan fingerprint density at radius 1 is 1.32 bits per heavy atom. The quantitative estimate of drug-likeness (QED) is 0.856. The monoisotopic (exact) mass is 272 g/mol. The Bertz CT molecular complexity index is 427. The first-order valence-electron chi connectivity index (χ1n) is 6.14. The highest BCUT2D eigenvalue weighted by molar-refractivity contribution is 5.82. The molecule has 1 aliphatic heterocycles. The SMILES string of the molecule is O=C(C1CCCN1)N(Cc1ccccc1)C(F)(F)F. The van der Waals surface area contributed by atoms with Crippen LogP contribution in [-0.4, -0.2) is 29.7 Å². The molecule has 2 rings (SSSR count). The van der Waals surface area contributed by atoms with Crippen molar-refractivity contribution in [2.75, 3.05) is 6.54 Å². The van der Waals surface area contributed by atoms with Gasteiger partial charge in [0.15, 0.2) is 0 Å². The molecule has 1 fully saturated rings. The van der Waals surface area contributed by atoms with Crippen LogP contribution >= 0.6 is 0 Å². The Kier molecular flexibility index (Phi) is 4.09. The van der Waals surface area contributed by atoms with E-state index in [0.717, 1.165) is 6.42 Å². The summed E-state index contributed by atoms with van der Waals surface area (Å²) in [4.78, 5) is 11.9. The Morgan fingerprint density at radius 3 is 2.53 bits per heavy atom. The van der Waals surface area contributed by atoms with Gasteiger partial charge in [-0.3, -0.25) is 4.79 Å². The molecule has 1 aromatic carbocycles. The van der Waals surface area contributed by atoms with Gasteiger partial charge in [-0.15, -0.1) is 13.2 Å². The zero-order valence-electron chi connectivity index (χ0n) is 10.3. The Balaban J connectivity index is 2.14. The van der Waals surface area contributed by atoms with Crippen LogP contribution in [0.2, 0.25) is 0 Å². The number of alkyl halides is 3. The second-order valence-corrected chi connectivity index (χ2v) is 4.53. The molecule has 0 aliphatic carbocycles. The van der Waals surface area contributed by atoms with Crippen LogP contribution in [0.5, 0.6) is 0 Å². The van der Waals surface area contributed by atoms with E-state index in [9.17, 15) is 18.0 Å². The second kappa shape index (κ2) is 5.61. The number of halogens is 3. The number of benzene rings is 1. The predicted octanol–water partition coefficient (Wildman–Crippen LogP) is 2.29. The number of rotatable bonds is 3. The summed E-state index contributed by atoms with van der Waals surface area (Å²) in [5.74, 6) is -0.895.